The zero-order valence-corrected chi connectivity index (χ0v) is 15.2. The van der Waals surface area contributed by atoms with Gasteiger partial charge >= 0.3 is 5.63 Å². The molecule has 1 aliphatic heterocycles. The van der Waals surface area contributed by atoms with Crippen LogP contribution < -0.4 is 10.5 Å². The summed E-state index contributed by atoms with van der Waals surface area (Å²) in [7, 11) is 1.98. The fourth-order valence-electron chi connectivity index (χ4n) is 3.43. The van der Waals surface area contributed by atoms with Crippen molar-refractivity contribution in [1.82, 2.24) is 0 Å². The quantitative estimate of drug-likeness (QED) is 0.674. The summed E-state index contributed by atoms with van der Waals surface area (Å²) in [6.07, 6.45) is 4.71. The molecule has 0 atom stereocenters. The van der Waals surface area contributed by atoms with Crippen molar-refractivity contribution in [3.63, 3.8) is 0 Å². The van der Waals surface area contributed by atoms with Crippen LogP contribution in [0.1, 0.15) is 35.5 Å². The summed E-state index contributed by atoms with van der Waals surface area (Å²) in [5.41, 5.74) is 1.97. The van der Waals surface area contributed by atoms with Crippen LogP contribution in [0.3, 0.4) is 0 Å². The fourth-order valence-corrected chi connectivity index (χ4v) is 3.43. The number of likely N-dealkylation sites (N-methyl/N-ethyl adjacent to an activating group) is 1. The first-order chi connectivity index (χ1) is 12.2. The molecular formula is C21H21NO4. The molecule has 0 saturated heterocycles. The first-order valence-corrected chi connectivity index (χ1v) is 8.33. The predicted octanol–water partition coefficient (Wildman–Crippen LogP) is 3.70. The van der Waals surface area contributed by atoms with E-state index in [1.807, 2.05) is 25.3 Å². The summed E-state index contributed by atoms with van der Waals surface area (Å²) >= 11 is 0. The van der Waals surface area contributed by atoms with Crippen LogP contribution >= 0.6 is 0 Å². The Morgan fingerprint density at radius 3 is 2.62 bits per heavy atom. The number of ketones is 1. The lowest BCUT2D eigenvalue weighted by atomic mass is 9.84. The van der Waals surface area contributed by atoms with Gasteiger partial charge in [-0.1, -0.05) is 38.1 Å². The number of aromatic hydroxyl groups is 1. The molecule has 1 aliphatic rings. The van der Waals surface area contributed by atoms with Crippen LogP contribution in [0.5, 0.6) is 5.75 Å². The van der Waals surface area contributed by atoms with Gasteiger partial charge in [0.1, 0.15) is 17.1 Å². The maximum Gasteiger partial charge on any atom is 0.351 e. The first-order valence-electron chi connectivity index (χ1n) is 8.33. The molecular weight excluding hydrogens is 330 g/mol. The van der Waals surface area contributed by atoms with Crippen LogP contribution in [0.2, 0.25) is 0 Å². The van der Waals surface area contributed by atoms with E-state index >= 15 is 0 Å². The van der Waals surface area contributed by atoms with E-state index in [-0.39, 0.29) is 22.5 Å². The van der Waals surface area contributed by atoms with Crippen molar-refractivity contribution in [2.45, 2.75) is 26.2 Å². The van der Waals surface area contributed by atoms with Gasteiger partial charge in [0.2, 0.25) is 0 Å². The number of anilines is 1. The van der Waals surface area contributed by atoms with Gasteiger partial charge < -0.3 is 14.4 Å². The molecule has 0 bridgehead atoms. The lowest BCUT2D eigenvalue weighted by molar-refractivity contribution is 0.104. The van der Waals surface area contributed by atoms with Crippen LogP contribution in [-0.2, 0) is 5.41 Å². The monoisotopic (exact) mass is 351 g/mol. The molecule has 0 amide bonds. The molecule has 2 aromatic rings. The molecule has 1 aromatic heterocycles. The average Bonchev–Trinajstić information content (AvgIpc) is 2.75. The van der Waals surface area contributed by atoms with Crippen LogP contribution in [0, 0.1) is 6.92 Å². The van der Waals surface area contributed by atoms with Crippen LogP contribution in [0.15, 0.2) is 63.5 Å². The van der Waals surface area contributed by atoms with E-state index in [1.165, 1.54) is 24.6 Å². The van der Waals surface area contributed by atoms with Crippen LogP contribution in [0.4, 0.5) is 5.69 Å². The minimum Gasteiger partial charge on any atom is -0.507 e. The minimum atomic E-state index is -0.837. The van der Waals surface area contributed by atoms with E-state index in [2.05, 4.69) is 30.9 Å². The highest BCUT2D eigenvalue weighted by Gasteiger charge is 2.37. The maximum atomic E-state index is 12.3. The van der Waals surface area contributed by atoms with E-state index < -0.39 is 11.4 Å². The highest BCUT2D eigenvalue weighted by molar-refractivity contribution is 6.06. The number of hydrogen-bond donors (Lipinski definition) is 1. The third-order valence-electron chi connectivity index (χ3n) is 4.74. The van der Waals surface area contributed by atoms with Crippen molar-refractivity contribution in [3.05, 3.63) is 81.6 Å². The van der Waals surface area contributed by atoms with Gasteiger partial charge in [-0.05, 0) is 30.7 Å². The average molecular weight is 351 g/mol. The number of nitrogens with zero attached hydrogens (tertiary/aromatic N) is 1. The van der Waals surface area contributed by atoms with Crippen molar-refractivity contribution in [2.24, 2.45) is 0 Å². The number of carbonyl (C=O) groups excluding carboxylic acids is 1. The standard InChI is InChI=1S/C21H21NO4/c1-13-12-17(24)19(20(25)26-13)16(23)10-7-11-18-21(2,3)14-8-5-6-9-15(14)22(18)4/h5-12,24H,1-4H3/b10-7+,18-11+. The molecule has 0 aliphatic carbocycles. The number of para-hydroxylation sites is 1. The summed E-state index contributed by atoms with van der Waals surface area (Å²) in [6, 6.07) is 9.41. The first kappa shape index (κ1) is 17.7. The summed E-state index contributed by atoms with van der Waals surface area (Å²) in [5, 5.41) is 9.86. The zero-order valence-electron chi connectivity index (χ0n) is 15.2. The van der Waals surface area contributed by atoms with Gasteiger partial charge in [0.25, 0.3) is 0 Å². The van der Waals surface area contributed by atoms with E-state index in [0.717, 1.165) is 11.4 Å². The second-order valence-electron chi connectivity index (χ2n) is 6.88. The largest absolute Gasteiger partial charge is 0.507 e. The molecule has 0 unspecified atom stereocenters. The number of carbonyl (C=O) groups is 1. The molecule has 0 saturated carbocycles. The Bertz CT molecular complexity index is 995. The Balaban J connectivity index is 1.91. The van der Waals surface area contributed by atoms with Gasteiger partial charge in [-0.2, -0.15) is 0 Å². The smallest absolute Gasteiger partial charge is 0.351 e. The Hall–Kier alpha value is -3.08. The van der Waals surface area contributed by atoms with Crippen LogP contribution in [-0.4, -0.2) is 17.9 Å². The number of aryl methyl sites for hydroxylation is 1. The molecule has 5 nitrogen and oxygen atoms in total. The van der Waals surface area contributed by atoms with Crippen molar-refractivity contribution in [3.8, 4) is 5.75 Å². The third-order valence-corrected chi connectivity index (χ3v) is 4.74. The van der Waals surface area contributed by atoms with Gasteiger partial charge in [-0.3, -0.25) is 4.79 Å². The Labute approximate surface area is 151 Å². The van der Waals surface area contributed by atoms with E-state index in [4.69, 9.17) is 4.42 Å². The van der Waals surface area contributed by atoms with E-state index in [1.54, 1.807) is 6.08 Å². The molecule has 0 radical (unpaired) electrons. The summed E-state index contributed by atoms with van der Waals surface area (Å²) in [6.45, 7) is 5.78. The number of hydrogen-bond acceptors (Lipinski definition) is 5. The number of benzene rings is 1. The van der Waals surface area contributed by atoms with Crippen LogP contribution in [0.25, 0.3) is 0 Å². The number of allylic oxidation sites excluding steroid dienone is 4. The fraction of sp³-hybridized carbons (Fsp3) is 0.238. The molecule has 0 spiro atoms. The predicted molar refractivity (Wildman–Crippen MR) is 101 cm³/mol. The number of fused-ring (bicyclic) bond motifs is 1. The second-order valence-corrected chi connectivity index (χ2v) is 6.88. The molecule has 1 aromatic carbocycles. The van der Waals surface area contributed by atoms with Gasteiger partial charge in [0.05, 0.1) is 0 Å². The zero-order chi connectivity index (χ0) is 19.1. The van der Waals surface area contributed by atoms with Crippen molar-refractivity contribution >= 4 is 11.5 Å². The SMILES string of the molecule is Cc1cc(O)c(C(=O)/C=C/C=C2/N(C)c3ccccc3C2(C)C)c(=O)o1. The van der Waals surface area contributed by atoms with Gasteiger partial charge in [0, 0.05) is 29.9 Å². The van der Waals surface area contributed by atoms with Gasteiger partial charge in [-0.15, -0.1) is 0 Å². The molecule has 3 rings (SSSR count). The van der Waals surface area contributed by atoms with Crippen molar-refractivity contribution in [1.29, 1.82) is 0 Å². The van der Waals surface area contributed by atoms with Gasteiger partial charge in [-0.25, -0.2) is 4.79 Å². The Kier molecular flexibility index (Phi) is 4.32. The maximum absolute atomic E-state index is 12.3. The highest BCUT2D eigenvalue weighted by Crippen LogP contribution is 2.46. The van der Waals surface area contributed by atoms with Crippen molar-refractivity contribution in [2.75, 3.05) is 11.9 Å². The van der Waals surface area contributed by atoms with E-state index in [9.17, 15) is 14.7 Å². The van der Waals surface area contributed by atoms with E-state index in [0.29, 0.717) is 0 Å². The molecule has 26 heavy (non-hydrogen) atoms. The second kappa shape index (κ2) is 6.33. The summed E-state index contributed by atoms with van der Waals surface area (Å²) in [4.78, 5) is 26.2. The molecule has 0 fully saturated rings. The van der Waals surface area contributed by atoms with Gasteiger partial charge in [0.15, 0.2) is 5.78 Å². The molecule has 134 valence electrons. The Morgan fingerprint density at radius 2 is 1.96 bits per heavy atom. The summed E-state index contributed by atoms with van der Waals surface area (Å²) in [5.74, 6) is -0.710. The lowest BCUT2D eigenvalue weighted by Gasteiger charge is -2.23. The molecule has 5 heteroatoms. The topological polar surface area (TPSA) is 70.8 Å². The highest BCUT2D eigenvalue weighted by atomic mass is 16.4. The normalized spacial score (nSPS) is 17.1. The molecule has 1 N–H and O–H groups in total. The lowest BCUT2D eigenvalue weighted by Crippen LogP contribution is -2.22. The summed E-state index contributed by atoms with van der Waals surface area (Å²) < 4.78 is 4.89. The van der Waals surface area contributed by atoms with Crippen molar-refractivity contribution < 1.29 is 14.3 Å². The number of rotatable bonds is 3. The Morgan fingerprint density at radius 1 is 1.27 bits per heavy atom. The minimum absolute atomic E-state index is 0.205. The molecule has 2 heterocycles. The third kappa shape index (κ3) is 2.86.